The molecule has 2 aromatic carbocycles. The molecule has 0 N–H and O–H groups in total. The number of benzene rings is 2. The van der Waals surface area contributed by atoms with Crippen molar-refractivity contribution in [2.75, 3.05) is 20.0 Å². The second-order valence-corrected chi connectivity index (χ2v) is 8.60. The van der Waals surface area contributed by atoms with Crippen molar-refractivity contribution in [1.29, 1.82) is 0 Å². The topological polar surface area (TPSA) is 86.7 Å². The van der Waals surface area contributed by atoms with Crippen LogP contribution in [0, 0.1) is 0 Å². The number of esters is 2. The number of carbonyl (C=O) groups is 2. The van der Waals surface area contributed by atoms with E-state index in [9.17, 15) is 18.0 Å². The van der Waals surface area contributed by atoms with Gasteiger partial charge in [0.15, 0.2) is 9.84 Å². The number of hydrogen-bond donors (Lipinski definition) is 0. The van der Waals surface area contributed by atoms with Crippen molar-refractivity contribution in [3.63, 3.8) is 0 Å². The van der Waals surface area contributed by atoms with Gasteiger partial charge < -0.3 is 9.47 Å². The Morgan fingerprint density at radius 3 is 2.23 bits per heavy atom. The predicted molar refractivity (Wildman–Crippen MR) is 115 cm³/mol. The molecule has 0 heterocycles. The highest BCUT2D eigenvalue weighted by Gasteiger charge is 2.27. The summed E-state index contributed by atoms with van der Waals surface area (Å²) in [6.45, 7) is 3.55. The SMILES string of the molecule is C=CCOC(=O)C(C/C(=C/c1ccccc1)C(=O)OC)c1ccc(S(C)(=O)=O)cc1. The van der Waals surface area contributed by atoms with Crippen LogP contribution in [-0.4, -0.2) is 40.3 Å². The molecular weight excluding hydrogens is 404 g/mol. The normalized spacial score (nSPS) is 12.7. The molecule has 0 spiro atoms. The molecule has 0 bridgehead atoms. The van der Waals surface area contributed by atoms with E-state index in [1.54, 1.807) is 18.2 Å². The van der Waals surface area contributed by atoms with Crippen LogP contribution in [-0.2, 0) is 28.9 Å². The summed E-state index contributed by atoms with van der Waals surface area (Å²) in [7, 11) is -2.10. The first-order chi connectivity index (χ1) is 14.3. The summed E-state index contributed by atoms with van der Waals surface area (Å²) in [5.74, 6) is -1.94. The Kier molecular flexibility index (Phi) is 8.12. The fourth-order valence-electron chi connectivity index (χ4n) is 2.83. The molecule has 2 aromatic rings. The summed E-state index contributed by atoms with van der Waals surface area (Å²) in [5, 5.41) is 0. The summed E-state index contributed by atoms with van der Waals surface area (Å²) in [6.07, 6.45) is 4.23. The number of ether oxygens (including phenoxy) is 2. The Bertz CT molecular complexity index is 1020. The zero-order valence-electron chi connectivity index (χ0n) is 16.9. The molecule has 0 aromatic heterocycles. The number of methoxy groups -OCH3 is 1. The van der Waals surface area contributed by atoms with E-state index < -0.39 is 27.7 Å². The highest BCUT2D eigenvalue weighted by atomic mass is 32.2. The molecule has 0 saturated heterocycles. The van der Waals surface area contributed by atoms with E-state index in [0.29, 0.717) is 5.56 Å². The Hall–Kier alpha value is -3.19. The van der Waals surface area contributed by atoms with Crippen LogP contribution in [0.15, 0.2) is 77.7 Å². The zero-order valence-corrected chi connectivity index (χ0v) is 17.7. The Balaban J connectivity index is 2.44. The monoisotopic (exact) mass is 428 g/mol. The minimum absolute atomic E-state index is 0.0205. The smallest absolute Gasteiger partial charge is 0.333 e. The van der Waals surface area contributed by atoms with E-state index in [1.165, 1.54) is 25.3 Å². The van der Waals surface area contributed by atoms with E-state index in [2.05, 4.69) is 6.58 Å². The molecule has 6 nitrogen and oxygen atoms in total. The fourth-order valence-corrected chi connectivity index (χ4v) is 3.46. The number of sulfone groups is 1. The standard InChI is InChI=1S/C23H24O6S/c1-4-14-29-23(25)21(18-10-12-20(13-11-18)30(3,26)27)16-19(22(24)28-2)15-17-8-6-5-7-9-17/h4-13,15,21H,1,14,16H2,2-3H3/b19-15-. The molecule has 0 radical (unpaired) electrons. The van der Waals surface area contributed by atoms with Crippen molar-refractivity contribution in [2.45, 2.75) is 17.2 Å². The molecule has 158 valence electrons. The van der Waals surface area contributed by atoms with Gasteiger partial charge in [-0.1, -0.05) is 55.1 Å². The zero-order chi connectivity index (χ0) is 22.1. The van der Waals surface area contributed by atoms with E-state index >= 15 is 0 Å². The van der Waals surface area contributed by atoms with Gasteiger partial charge in [0.05, 0.1) is 17.9 Å². The van der Waals surface area contributed by atoms with Gasteiger partial charge in [0.1, 0.15) is 6.61 Å². The van der Waals surface area contributed by atoms with Crippen molar-refractivity contribution in [3.05, 3.63) is 84.0 Å². The maximum atomic E-state index is 12.7. The first-order valence-electron chi connectivity index (χ1n) is 9.17. The second-order valence-electron chi connectivity index (χ2n) is 6.59. The quantitative estimate of drug-likeness (QED) is 0.345. The van der Waals surface area contributed by atoms with Crippen LogP contribution in [0.2, 0.25) is 0 Å². The lowest BCUT2D eigenvalue weighted by atomic mass is 9.91. The van der Waals surface area contributed by atoms with Gasteiger partial charge in [-0.15, -0.1) is 0 Å². The van der Waals surface area contributed by atoms with Gasteiger partial charge in [-0.25, -0.2) is 13.2 Å². The summed E-state index contributed by atoms with van der Waals surface area (Å²) in [4.78, 5) is 25.2. The molecule has 0 amide bonds. The van der Waals surface area contributed by atoms with Crippen LogP contribution in [0.25, 0.3) is 6.08 Å². The van der Waals surface area contributed by atoms with Crippen molar-refractivity contribution in [3.8, 4) is 0 Å². The summed E-state index contributed by atoms with van der Waals surface area (Å²) in [6, 6.07) is 15.1. The maximum Gasteiger partial charge on any atom is 0.333 e. The molecule has 0 aliphatic heterocycles. The highest BCUT2D eigenvalue weighted by Crippen LogP contribution is 2.28. The summed E-state index contributed by atoms with van der Waals surface area (Å²) in [5.41, 5.74) is 1.60. The van der Waals surface area contributed by atoms with Gasteiger partial charge in [0.2, 0.25) is 0 Å². The predicted octanol–water partition coefficient (Wildman–Crippen LogP) is 3.55. The van der Waals surface area contributed by atoms with E-state index in [1.807, 2.05) is 30.3 Å². The number of carbonyl (C=O) groups excluding carboxylic acids is 2. The molecule has 0 fully saturated rings. The second kappa shape index (κ2) is 10.5. The molecule has 30 heavy (non-hydrogen) atoms. The van der Waals surface area contributed by atoms with Crippen molar-refractivity contribution in [1.82, 2.24) is 0 Å². The Labute approximate surface area is 176 Å². The molecule has 0 aliphatic rings. The Morgan fingerprint density at radius 1 is 1.07 bits per heavy atom. The lowest BCUT2D eigenvalue weighted by Gasteiger charge is -2.17. The molecule has 2 rings (SSSR count). The molecule has 1 atom stereocenters. The van der Waals surface area contributed by atoms with Gasteiger partial charge in [-0.05, 0) is 35.8 Å². The van der Waals surface area contributed by atoms with Crippen molar-refractivity contribution < 1.29 is 27.5 Å². The average molecular weight is 429 g/mol. The average Bonchev–Trinajstić information content (AvgIpc) is 2.74. The van der Waals surface area contributed by atoms with Gasteiger partial charge >= 0.3 is 11.9 Å². The van der Waals surface area contributed by atoms with Crippen LogP contribution in [0.1, 0.15) is 23.5 Å². The van der Waals surface area contributed by atoms with Crippen LogP contribution in [0.3, 0.4) is 0 Å². The molecular formula is C23H24O6S. The van der Waals surface area contributed by atoms with Crippen molar-refractivity contribution in [2.24, 2.45) is 0 Å². The molecule has 0 aliphatic carbocycles. The van der Waals surface area contributed by atoms with E-state index in [0.717, 1.165) is 11.8 Å². The third-order valence-electron chi connectivity index (χ3n) is 4.35. The number of hydrogen-bond acceptors (Lipinski definition) is 6. The van der Waals surface area contributed by atoms with Gasteiger partial charge in [-0.3, -0.25) is 4.79 Å². The maximum absolute atomic E-state index is 12.7. The molecule has 1 unspecified atom stereocenters. The molecule has 7 heteroatoms. The first kappa shape index (κ1) is 23.1. The first-order valence-corrected chi connectivity index (χ1v) is 11.1. The van der Waals surface area contributed by atoms with Crippen LogP contribution in [0.5, 0.6) is 0 Å². The summed E-state index contributed by atoms with van der Waals surface area (Å²) >= 11 is 0. The third kappa shape index (κ3) is 6.42. The van der Waals surface area contributed by atoms with Gasteiger partial charge in [0.25, 0.3) is 0 Å². The fraction of sp³-hybridized carbons (Fsp3) is 0.217. The minimum atomic E-state index is -3.38. The highest BCUT2D eigenvalue weighted by molar-refractivity contribution is 7.90. The van der Waals surface area contributed by atoms with E-state index in [-0.39, 0.29) is 23.5 Å². The van der Waals surface area contributed by atoms with Crippen LogP contribution >= 0.6 is 0 Å². The molecule has 0 saturated carbocycles. The van der Waals surface area contributed by atoms with Gasteiger partial charge in [0, 0.05) is 11.8 Å². The number of rotatable bonds is 9. The third-order valence-corrected chi connectivity index (χ3v) is 5.48. The lowest BCUT2D eigenvalue weighted by Crippen LogP contribution is -2.19. The van der Waals surface area contributed by atoms with Crippen LogP contribution in [0.4, 0.5) is 0 Å². The lowest BCUT2D eigenvalue weighted by molar-refractivity contribution is -0.144. The van der Waals surface area contributed by atoms with Gasteiger partial charge in [-0.2, -0.15) is 0 Å². The van der Waals surface area contributed by atoms with Crippen LogP contribution < -0.4 is 0 Å². The summed E-state index contributed by atoms with van der Waals surface area (Å²) < 4.78 is 33.6. The van der Waals surface area contributed by atoms with Crippen molar-refractivity contribution >= 4 is 27.9 Å². The largest absolute Gasteiger partial charge is 0.466 e. The Morgan fingerprint density at radius 2 is 1.70 bits per heavy atom. The van der Waals surface area contributed by atoms with E-state index in [4.69, 9.17) is 9.47 Å². The minimum Gasteiger partial charge on any atom is -0.466 e.